The monoisotopic (exact) mass is 272 g/mol. The summed E-state index contributed by atoms with van der Waals surface area (Å²) >= 11 is 0. The molecular weight excluding hydrogens is 252 g/mol. The number of carbonyl (C=O) groups excluding carboxylic acids is 1. The van der Waals surface area contributed by atoms with Crippen LogP contribution in [0.1, 0.15) is 24.6 Å². The van der Waals surface area contributed by atoms with Crippen LogP contribution in [0.15, 0.2) is 24.3 Å². The number of rotatable bonds is 3. The number of hydrogen-bond acceptors (Lipinski definition) is 3. The highest BCUT2D eigenvalue weighted by Gasteiger charge is 2.24. The van der Waals surface area contributed by atoms with Crippen LogP contribution in [0.2, 0.25) is 0 Å². The molecule has 20 heavy (non-hydrogen) atoms. The zero-order chi connectivity index (χ0) is 14.1. The van der Waals surface area contributed by atoms with Gasteiger partial charge in [0.05, 0.1) is 6.61 Å². The fourth-order valence-corrected chi connectivity index (χ4v) is 3.14. The van der Waals surface area contributed by atoms with Crippen molar-refractivity contribution < 1.29 is 9.53 Å². The van der Waals surface area contributed by atoms with Gasteiger partial charge in [-0.3, -0.25) is 4.79 Å². The maximum Gasteiger partial charge on any atom is 0.325 e. The summed E-state index contributed by atoms with van der Waals surface area (Å²) in [4.78, 5) is 11.8. The highest BCUT2D eigenvalue weighted by atomic mass is 16.5. The van der Waals surface area contributed by atoms with Crippen LogP contribution in [0.3, 0.4) is 0 Å². The van der Waals surface area contributed by atoms with Gasteiger partial charge in [0, 0.05) is 22.6 Å². The molecule has 0 bridgehead atoms. The quantitative estimate of drug-likeness (QED) is 0.870. The van der Waals surface area contributed by atoms with Gasteiger partial charge in [-0.2, -0.15) is 0 Å². The number of fused-ring (bicyclic) bond motifs is 3. The van der Waals surface area contributed by atoms with Gasteiger partial charge in [0.1, 0.15) is 6.54 Å². The molecular formula is C16H20N2O2. The van der Waals surface area contributed by atoms with Crippen molar-refractivity contribution >= 4 is 16.9 Å². The van der Waals surface area contributed by atoms with E-state index in [9.17, 15) is 4.79 Å². The molecule has 4 nitrogen and oxygen atoms in total. The lowest BCUT2D eigenvalue weighted by Gasteiger charge is -2.20. The number of aromatic nitrogens is 1. The van der Waals surface area contributed by atoms with Crippen LogP contribution in [0.25, 0.3) is 10.9 Å². The van der Waals surface area contributed by atoms with Crippen LogP contribution < -0.4 is 5.73 Å². The van der Waals surface area contributed by atoms with Crippen molar-refractivity contribution in [3.05, 3.63) is 35.5 Å². The Morgan fingerprint density at radius 2 is 2.25 bits per heavy atom. The lowest BCUT2D eigenvalue weighted by Crippen LogP contribution is -2.28. The Hall–Kier alpha value is -1.81. The number of ether oxygens (including phenoxy) is 1. The van der Waals surface area contributed by atoms with Gasteiger partial charge < -0.3 is 15.0 Å². The second-order valence-electron chi connectivity index (χ2n) is 5.34. The molecule has 2 aromatic rings. The van der Waals surface area contributed by atoms with E-state index < -0.39 is 0 Å². The molecule has 0 spiro atoms. The fourth-order valence-electron chi connectivity index (χ4n) is 3.14. The van der Waals surface area contributed by atoms with Gasteiger partial charge in [0.15, 0.2) is 0 Å². The Morgan fingerprint density at radius 1 is 1.45 bits per heavy atom. The molecule has 1 aliphatic rings. The highest BCUT2D eigenvalue weighted by molar-refractivity contribution is 5.87. The Morgan fingerprint density at radius 3 is 3.05 bits per heavy atom. The second-order valence-corrected chi connectivity index (χ2v) is 5.34. The summed E-state index contributed by atoms with van der Waals surface area (Å²) in [5, 5.41) is 1.22. The van der Waals surface area contributed by atoms with Crippen LogP contribution in [-0.4, -0.2) is 23.2 Å². The molecule has 2 N–H and O–H groups in total. The van der Waals surface area contributed by atoms with Crippen molar-refractivity contribution in [2.45, 2.75) is 38.8 Å². The van der Waals surface area contributed by atoms with Gasteiger partial charge >= 0.3 is 5.97 Å². The Kier molecular flexibility index (Phi) is 3.49. The van der Waals surface area contributed by atoms with Gasteiger partial charge in [-0.05, 0) is 37.8 Å². The zero-order valence-electron chi connectivity index (χ0n) is 11.8. The third kappa shape index (κ3) is 2.20. The molecule has 0 saturated heterocycles. The Labute approximate surface area is 118 Å². The molecule has 1 aromatic heterocycles. The molecule has 1 aromatic carbocycles. The average molecular weight is 272 g/mol. The van der Waals surface area contributed by atoms with Crippen molar-refractivity contribution in [3.8, 4) is 0 Å². The normalized spacial score (nSPS) is 18.0. The first-order chi connectivity index (χ1) is 9.70. The van der Waals surface area contributed by atoms with Crippen molar-refractivity contribution in [1.29, 1.82) is 0 Å². The number of benzene rings is 1. The summed E-state index contributed by atoms with van der Waals surface area (Å²) in [5.74, 6) is -0.175. The molecule has 4 heteroatoms. The summed E-state index contributed by atoms with van der Waals surface area (Å²) in [5.41, 5.74) is 9.77. The third-order valence-electron chi connectivity index (χ3n) is 4.00. The van der Waals surface area contributed by atoms with E-state index in [2.05, 4.69) is 16.7 Å². The summed E-state index contributed by atoms with van der Waals surface area (Å²) in [7, 11) is 0. The molecule has 0 fully saturated rings. The van der Waals surface area contributed by atoms with E-state index in [-0.39, 0.29) is 12.0 Å². The molecule has 1 atom stereocenters. The van der Waals surface area contributed by atoms with Crippen LogP contribution in [0.4, 0.5) is 0 Å². The minimum Gasteiger partial charge on any atom is -0.465 e. The molecule has 0 aliphatic heterocycles. The molecule has 0 unspecified atom stereocenters. The van der Waals surface area contributed by atoms with E-state index in [1.54, 1.807) is 0 Å². The smallest absolute Gasteiger partial charge is 0.325 e. The molecule has 3 rings (SSSR count). The predicted molar refractivity (Wildman–Crippen MR) is 78.6 cm³/mol. The van der Waals surface area contributed by atoms with Crippen molar-refractivity contribution in [1.82, 2.24) is 4.57 Å². The Balaban J connectivity index is 2.09. The minimum absolute atomic E-state index is 0.175. The van der Waals surface area contributed by atoms with E-state index in [4.69, 9.17) is 10.5 Å². The van der Waals surface area contributed by atoms with E-state index in [0.29, 0.717) is 13.2 Å². The molecule has 106 valence electrons. The first-order valence-corrected chi connectivity index (χ1v) is 7.21. The molecule has 1 heterocycles. The third-order valence-corrected chi connectivity index (χ3v) is 4.00. The van der Waals surface area contributed by atoms with E-state index in [0.717, 1.165) is 24.8 Å². The summed E-state index contributed by atoms with van der Waals surface area (Å²) in [6, 6.07) is 8.46. The first kappa shape index (κ1) is 13.2. The van der Waals surface area contributed by atoms with Gasteiger partial charge in [-0.15, -0.1) is 0 Å². The van der Waals surface area contributed by atoms with Gasteiger partial charge in [-0.25, -0.2) is 0 Å². The maximum absolute atomic E-state index is 11.8. The SMILES string of the molecule is CCOC(=O)Cn1c2c(c3ccccc31)C[C@@H](N)CC2. The second kappa shape index (κ2) is 5.29. The van der Waals surface area contributed by atoms with Crippen LogP contribution >= 0.6 is 0 Å². The number of carbonyl (C=O) groups is 1. The number of para-hydroxylation sites is 1. The number of esters is 1. The maximum atomic E-state index is 11.8. The molecule has 1 aliphatic carbocycles. The first-order valence-electron chi connectivity index (χ1n) is 7.21. The van der Waals surface area contributed by atoms with Crippen LogP contribution in [-0.2, 0) is 28.9 Å². The predicted octanol–water partition coefficient (Wildman–Crippen LogP) is 2.02. The molecule has 0 radical (unpaired) electrons. The summed E-state index contributed by atoms with van der Waals surface area (Å²) in [6.07, 6.45) is 2.81. The van der Waals surface area contributed by atoms with Crippen LogP contribution in [0.5, 0.6) is 0 Å². The van der Waals surface area contributed by atoms with Crippen molar-refractivity contribution in [2.75, 3.05) is 6.61 Å². The zero-order valence-corrected chi connectivity index (χ0v) is 11.8. The van der Waals surface area contributed by atoms with E-state index >= 15 is 0 Å². The van der Waals surface area contributed by atoms with Gasteiger partial charge in [0.2, 0.25) is 0 Å². The Bertz CT molecular complexity index is 645. The van der Waals surface area contributed by atoms with E-state index in [1.165, 1.54) is 16.6 Å². The van der Waals surface area contributed by atoms with E-state index in [1.807, 2.05) is 19.1 Å². The summed E-state index contributed by atoms with van der Waals surface area (Å²) < 4.78 is 7.20. The molecule has 0 amide bonds. The van der Waals surface area contributed by atoms with Crippen LogP contribution in [0, 0.1) is 0 Å². The lowest BCUT2D eigenvalue weighted by atomic mass is 9.92. The number of nitrogens with two attached hydrogens (primary N) is 1. The van der Waals surface area contributed by atoms with Gasteiger partial charge in [0.25, 0.3) is 0 Å². The fraction of sp³-hybridized carbons (Fsp3) is 0.438. The van der Waals surface area contributed by atoms with Crippen molar-refractivity contribution in [3.63, 3.8) is 0 Å². The lowest BCUT2D eigenvalue weighted by molar-refractivity contribution is -0.143. The van der Waals surface area contributed by atoms with Gasteiger partial charge in [-0.1, -0.05) is 18.2 Å². The van der Waals surface area contributed by atoms with Crippen molar-refractivity contribution in [2.24, 2.45) is 5.73 Å². The number of hydrogen-bond donors (Lipinski definition) is 1. The topological polar surface area (TPSA) is 57.2 Å². The standard InChI is InChI=1S/C16H20N2O2/c1-2-20-16(19)10-18-14-6-4-3-5-12(14)13-9-11(17)7-8-15(13)18/h3-6,11H,2,7-10,17H2,1H3/t11-/m0/s1. The summed E-state index contributed by atoms with van der Waals surface area (Å²) in [6.45, 7) is 2.55. The highest BCUT2D eigenvalue weighted by Crippen LogP contribution is 2.31. The molecule has 0 saturated carbocycles. The largest absolute Gasteiger partial charge is 0.465 e. The average Bonchev–Trinajstić information content (AvgIpc) is 2.74. The number of nitrogens with zero attached hydrogens (tertiary/aromatic N) is 1. The minimum atomic E-state index is -0.175.